The van der Waals surface area contributed by atoms with Gasteiger partial charge in [0.2, 0.25) is 0 Å². The Bertz CT molecular complexity index is 500. The Hall–Kier alpha value is -1.14. The first-order valence-electron chi connectivity index (χ1n) is 9.05. The van der Waals surface area contributed by atoms with Crippen LogP contribution in [0.2, 0.25) is 0 Å². The fourth-order valence-corrected chi connectivity index (χ4v) is 4.23. The van der Waals surface area contributed by atoms with Crippen molar-refractivity contribution in [1.29, 1.82) is 0 Å². The molecule has 134 valence electrons. The summed E-state index contributed by atoms with van der Waals surface area (Å²) in [5, 5.41) is 0. The first kappa shape index (κ1) is 16.3. The van der Waals surface area contributed by atoms with Crippen LogP contribution in [-0.4, -0.2) is 49.6 Å². The van der Waals surface area contributed by atoms with Gasteiger partial charge in [-0.2, -0.15) is 0 Å². The van der Waals surface area contributed by atoms with E-state index < -0.39 is 10.8 Å². The Kier molecular flexibility index (Phi) is 3.88. The number of ether oxygens (including phenoxy) is 4. The van der Waals surface area contributed by atoms with Gasteiger partial charge in [-0.15, -0.1) is 0 Å². The van der Waals surface area contributed by atoms with Gasteiger partial charge in [0.1, 0.15) is 13.2 Å². The number of esters is 2. The van der Waals surface area contributed by atoms with E-state index in [1.807, 2.05) is 13.8 Å². The van der Waals surface area contributed by atoms with Crippen molar-refractivity contribution in [3.05, 3.63) is 0 Å². The highest BCUT2D eigenvalue weighted by molar-refractivity contribution is 5.77. The van der Waals surface area contributed by atoms with Crippen molar-refractivity contribution < 1.29 is 28.5 Å². The molecule has 0 spiro atoms. The number of rotatable bonds is 5. The zero-order valence-electron chi connectivity index (χ0n) is 14.4. The van der Waals surface area contributed by atoms with Crippen LogP contribution in [0.15, 0.2) is 0 Å². The quantitative estimate of drug-likeness (QED) is 0.433. The lowest BCUT2D eigenvalue weighted by Crippen LogP contribution is -2.37. The van der Waals surface area contributed by atoms with Crippen LogP contribution in [0.25, 0.3) is 0 Å². The highest BCUT2D eigenvalue weighted by Gasteiger charge is 2.53. The Morgan fingerprint density at radius 1 is 0.833 bits per heavy atom. The maximum Gasteiger partial charge on any atom is 0.312 e. The number of carbonyl (C=O) groups excluding carboxylic acids is 2. The van der Waals surface area contributed by atoms with Crippen LogP contribution in [0, 0.1) is 10.8 Å². The van der Waals surface area contributed by atoms with Crippen LogP contribution in [0.1, 0.15) is 52.4 Å². The highest BCUT2D eigenvalue weighted by Crippen LogP contribution is 2.47. The minimum Gasteiger partial charge on any atom is -0.462 e. The van der Waals surface area contributed by atoms with Gasteiger partial charge in [0, 0.05) is 0 Å². The van der Waals surface area contributed by atoms with E-state index in [1.54, 1.807) is 0 Å². The van der Waals surface area contributed by atoms with Gasteiger partial charge in [0.15, 0.2) is 0 Å². The molecule has 0 aromatic carbocycles. The molecule has 0 aromatic heterocycles. The van der Waals surface area contributed by atoms with Crippen molar-refractivity contribution in [1.82, 2.24) is 0 Å². The zero-order valence-corrected chi connectivity index (χ0v) is 14.4. The third-order valence-electron chi connectivity index (χ3n) is 6.18. The lowest BCUT2D eigenvalue weighted by molar-refractivity contribution is -0.165. The van der Waals surface area contributed by atoms with Crippen molar-refractivity contribution in [2.24, 2.45) is 10.8 Å². The predicted octanol–water partition coefficient (Wildman–Crippen LogP) is 1.99. The minimum absolute atomic E-state index is 0.119. The summed E-state index contributed by atoms with van der Waals surface area (Å²) >= 11 is 0. The Balaban J connectivity index is 1.18. The molecule has 2 saturated carbocycles. The molecule has 4 aliphatic rings. The lowest BCUT2D eigenvalue weighted by Gasteiger charge is -2.30. The summed E-state index contributed by atoms with van der Waals surface area (Å²) in [6.07, 6.45) is 6.09. The molecule has 0 amide bonds. The minimum atomic E-state index is -0.463. The molecule has 2 heterocycles. The highest BCUT2D eigenvalue weighted by atomic mass is 16.6. The standard InChI is InChI=1S/C18H26O6/c1-17(5-3-11-13(9-17)23-11)15(19)21-7-8-22-16(20)18(2)6-4-12-14(10-18)24-12/h11-14H,3-10H2,1-2H3. The molecule has 6 unspecified atom stereocenters. The Morgan fingerprint density at radius 2 is 1.25 bits per heavy atom. The first-order chi connectivity index (χ1) is 11.4. The van der Waals surface area contributed by atoms with E-state index >= 15 is 0 Å². The number of hydrogen-bond acceptors (Lipinski definition) is 6. The molecule has 2 aliphatic heterocycles. The SMILES string of the molecule is CC1(C(=O)OCCOC(=O)C2(C)CCC3OC3C2)CCC2OC2C1. The predicted molar refractivity (Wildman–Crippen MR) is 83.2 cm³/mol. The van der Waals surface area contributed by atoms with Gasteiger partial charge in [-0.05, 0) is 52.4 Å². The summed E-state index contributed by atoms with van der Waals surface area (Å²) in [7, 11) is 0. The molecule has 0 radical (unpaired) electrons. The lowest BCUT2D eigenvalue weighted by atomic mass is 9.76. The fraction of sp³-hybridized carbons (Fsp3) is 0.889. The van der Waals surface area contributed by atoms with Crippen molar-refractivity contribution in [2.75, 3.05) is 13.2 Å². The average molecular weight is 338 g/mol. The molecular weight excluding hydrogens is 312 g/mol. The van der Waals surface area contributed by atoms with Gasteiger partial charge < -0.3 is 18.9 Å². The van der Waals surface area contributed by atoms with E-state index in [9.17, 15) is 9.59 Å². The third-order valence-corrected chi connectivity index (χ3v) is 6.18. The summed E-state index contributed by atoms with van der Waals surface area (Å²) in [5.41, 5.74) is -0.926. The molecule has 6 heteroatoms. The molecule has 4 rings (SSSR count). The van der Waals surface area contributed by atoms with Crippen molar-refractivity contribution in [2.45, 2.75) is 76.8 Å². The van der Waals surface area contributed by atoms with Crippen LogP contribution < -0.4 is 0 Å². The topological polar surface area (TPSA) is 77.7 Å². The molecule has 24 heavy (non-hydrogen) atoms. The second-order valence-corrected chi connectivity index (χ2v) is 8.30. The van der Waals surface area contributed by atoms with E-state index in [0.717, 1.165) is 38.5 Å². The second kappa shape index (κ2) is 5.70. The van der Waals surface area contributed by atoms with Crippen molar-refractivity contribution in [3.63, 3.8) is 0 Å². The molecule has 2 saturated heterocycles. The van der Waals surface area contributed by atoms with Crippen molar-refractivity contribution >= 4 is 11.9 Å². The van der Waals surface area contributed by atoms with E-state index in [4.69, 9.17) is 18.9 Å². The van der Waals surface area contributed by atoms with Crippen molar-refractivity contribution in [3.8, 4) is 0 Å². The molecule has 6 atom stereocenters. The van der Waals surface area contributed by atoms with Crippen LogP contribution in [0.5, 0.6) is 0 Å². The van der Waals surface area contributed by atoms with Gasteiger partial charge in [-0.25, -0.2) is 0 Å². The summed E-state index contributed by atoms with van der Waals surface area (Å²) in [5.74, 6) is -0.406. The van der Waals surface area contributed by atoms with Crippen LogP contribution in [-0.2, 0) is 28.5 Å². The average Bonchev–Trinajstić information content (AvgIpc) is 3.44. The summed E-state index contributed by atoms with van der Waals surface area (Å²) in [6, 6.07) is 0. The molecule has 0 aromatic rings. The number of fused-ring (bicyclic) bond motifs is 2. The maximum atomic E-state index is 12.3. The van der Waals surface area contributed by atoms with E-state index in [1.165, 1.54) is 0 Å². The molecule has 6 nitrogen and oxygen atoms in total. The Morgan fingerprint density at radius 3 is 1.62 bits per heavy atom. The van der Waals surface area contributed by atoms with Crippen LogP contribution in [0.4, 0.5) is 0 Å². The summed E-state index contributed by atoms with van der Waals surface area (Å²) in [4.78, 5) is 24.6. The number of carbonyl (C=O) groups is 2. The fourth-order valence-electron chi connectivity index (χ4n) is 4.23. The molecular formula is C18H26O6. The van der Waals surface area contributed by atoms with E-state index in [0.29, 0.717) is 12.2 Å². The van der Waals surface area contributed by atoms with Gasteiger partial charge in [0.05, 0.1) is 35.2 Å². The van der Waals surface area contributed by atoms with Gasteiger partial charge in [0.25, 0.3) is 0 Å². The molecule has 4 fully saturated rings. The summed E-state index contributed by atoms with van der Waals surface area (Å²) < 4.78 is 21.7. The number of epoxide rings is 2. The first-order valence-corrected chi connectivity index (χ1v) is 9.05. The Labute approximate surface area is 142 Å². The van der Waals surface area contributed by atoms with E-state index in [-0.39, 0.29) is 37.4 Å². The third kappa shape index (κ3) is 3.06. The molecule has 0 bridgehead atoms. The smallest absolute Gasteiger partial charge is 0.312 e. The number of hydrogen-bond donors (Lipinski definition) is 0. The van der Waals surface area contributed by atoms with Gasteiger partial charge in [-0.3, -0.25) is 9.59 Å². The van der Waals surface area contributed by atoms with Gasteiger partial charge >= 0.3 is 11.9 Å². The van der Waals surface area contributed by atoms with Crippen LogP contribution in [0.3, 0.4) is 0 Å². The zero-order chi connectivity index (χ0) is 16.9. The largest absolute Gasteiger partial charge is 0.462 e. The van der Waals surface area contributed by atoms with Crippen LogP contribution >= 0.6 is 0 Å². The maximum absolute atomic E-state index is 12.3. The molecule has 2 aliphatic carbocycles. The normalized spacial score (nSPS) is 45.6. The second-order valence-electron chi connectivity index (χ2n) is 8.30. The summed E-state index contributed by atoms with van der Waals surface area (Å²) in [6.45, 7) is 4.12. The monoisotopic (exact) mass is 338 g/mol. The molecule has 0 N–H and O–H groups in total. The van der Waals surface area contributed by atoms with Gasteiger partial charge in [-0.1, -0.05) is 0 Å². The van der Waals surface area contributed by atoms with E-state index in [2.05, 4.69) is 0 Å².